The second kappa shape index (κ2) is 9.38. The lowest BCUT2D eigenvalue weighted by Crippen LogP contribution is -2.47. The molecule has 156 valence electrons. The van der Waals surface area contributed by atoms with Gasteiger partial charge in [-0.25, -0.2) is 17.5 Å². The lowest BCUT2D eigenvalue weighted by molar-refractivity contribution is -0.115. The van der Waals surface area contributed by atoms with Crippen molar-refractivity contribution in [1.82, 2.24) is 14.9 Å². The summed E-state index contributed by atoms with van der Waals surface area (Å²) in [7, 11) is -0.703. The summed E-state index contributed by atoms with van der Waals surface area (Å²) in [5.41, 5.74) is 0.949. The molecule has 1 aromatic rings. The maximum atomic E-state index is 12.4. The Bertz CT molecular complexity index is 823. The van der Waals surface area contributed by atoms with Crippen molar-refractivity contribution in [2.24, 2.45) is 5.92 Å². The fraction of sp³-hybridized carbons (Fsp3) is 0.579. The molecule has 1 aliphatic rings. The monoisotopic (exact) mass is 410 g/mol. The number of benzene rings is 1. The number of aryl methyl sites for hydroxylation is 1. The highest BCUT2D eigenvalue weighted by molar-refractivity contribution is 7.89. The van der Waals surface area contributed by atoms with Crippen molar-refractivity contribution in [3.63, 3.8) is 0 Å². The first-order valence-electron chi connectivity index (χ1n) is 9.48. The zero-order valence-corrected chi connectivity index (χ0v) is 17.7. The molecule has 0 unspecified atom stereocenters. The Morgan fingerprint density at radius 3 is 2.50 bits per heavy atom. The van der Waals surface area contributed by atoms with E-state index in [4.69, 9.17) is 0 Å². The van der Waals surface area contributed by atoms with Crippen LogP contribution in [-0.4, -0.2) is 51.3 Å². The Labute approximate surface area is 167 Å². The normalized spacial score (nSPS) is 19.9. The van der Waals surface area contributed by atoms with Gasteiger partial charge in [0.15, 0.2) is 0 Å². The van der Waals surface area contributed by atoms with Gasteiger partial charge in [-0.2, -0.15) is 0 Å². The molecule has 0 bridgehead atoms. The lowest BCUT2D eigenvalue weighted by Gasteiger charge is -2.29. The number of hydrogen-bond acceptors (Lipinski definition) is 4. The molecule has 3 amide bonds. The van der Waals surface area contributed by atoms with Crippen LogP contribution in [0.5, 0.6) is 0 Å². The average Bonchev–Trinajstić information content (AvgIpc) is 2.63. The highest BCUT2D eigenvalue weighted by Crippen LogP contribution is 2.24. The molecule has 2 atom stereocenters. The standard InChI is InChI=1S/C19H30N4O4S/c1-13-7-5-6-8-16(13)22-19(25)20-12-18(24)21-15-10-9-14(2)17(11-15)28(26,27)23(3)4/h9-11,13,16H,5-8,12H2,1-4H3,(H,21,24)(H2,20,22,25)/t13-,16+/m1/s1. The van der Waals surface area contributed by atoms with E-state index in [1.54, 1.807) is 19.1 Å². The smallest absolute Gasteiger partial charge is 0.315 e. The van der Waals surface area contributed by atoms with Gasteiger partial charge < -0.3 is 16.0 Å². The fourth-order valence-corrected chi connectivity index (χ4v) is 4.41. The van der Waals surface area contributed by atoms with E-state index < -0.39 is 15.9 Å². The summed E-state index contributed by atoms with van der Waals surface area (Å²) < 4.78 is 25.9. The van der Waals surface area contributed by atoms with Crippen LogP contribution in [0.15, 0.2) is 23.1 Å². The predicted molar refractivity (Wildman–Crippen MR) is 109 cm³/mol. The van der Waals surface area contributed by atoms with Gasteiger partial charge in [-0.15, -0.1) is 0 Å². The van der Waals surface area contributed by atoms with Crippen molar-refractivity contribution >= 4 is 27.6 Å². The van der Waals surface area contributed by atoms with Crippen molar-refractivity contribution in [3.05, 3.63) is 23.8 Å². The van der Waals surface area contributed by atoms with Crippen molar-refractivity contribution in [2.75, 3.05) is 26.0 Å². The van der Waals surface area contributed by atoms with E-state index in [9.17, 15) is 18.0 Å². The van der Waals surface area contributed by atoms with Gasteiger partial charge in [0, 0.05) is 25.8 Å². The molecule has 1 aliphatic carbocycles. The number of urea groups is 1. The van der Waals surface area contributed by atoms with E-state index in [1.165, 1.54) is 26.6 Å². The molecule has 2 rings (SSSR count). The van der Waals surface area contributed by atoms with Crippen molar-refractivity contribution in [1.29, 1.82) is 0 Å². The van der Waals surface area contributed by atoms with Crippen LogP contribution in [0.2, 0.25) is 0 Å². The molecular formula is C19H30N4O4S. The zero-order chi connectivity index (χ0) is 20.9. The van der Waals surface area contributed by atoms with E-state index in [0.29, 0.717) is 17.2 Å². The summed E-state index contributed by atoms with van der Waals surface area (Å²) >= 11 is 0. The van der Waals surface area contributed by atoms with Gasteiger partial charge in [0.05, 0.1) is 11.4 Å². The summed E-state index contributed by atoms with van der Waals surface area (Å²) in [4.78, 5) is 24.3. The number of sulfonamides is 1. The third-order valence-corrected chi connectivity index (χ3v) is 7.03. The van der Waals surface area contributed by atoms with Crippen LogP contribution in [-0.2, 0) is 14.8 Å². The maximum Gasteiger partial charge on any atom is 0.315 e. The Morgan fingerprint density at radius 2 is 1.86 bits per heavy atom. The molecule has 0 aromatic heterocycles. The second-order valence-electron chi connectivity index (χ2n) is 7.51. The molecule has 8 nitrogen and oxygen atoms in total. The number of carbonyl (C=O) groups is 2. The number of anilines is 1. The molecule has 28 heavy (non-hydrogen) atoms. The molecule has 1 aromatic carbocycles. The number of carbonyl (C=O) groups excluding carboxylic acids is 2. The fourth-order valence-electron chi connectivity index (χ4n) is 3.27. The number of rotatable bonds is 6. The number of nitrogens with one attached hydrogen (secondary N) is 3. The van der Waals surface area contributed by atoms with Gasteiger partial charge in [0.1, 0.15) is 0 Å². The molecule has 0 saturated heterocycles. The highest BCUT2D eigenvalue weighted by Gasteiger charge is 2.23. The number of hydrogen-bond donors (Lipinski definition) is 3. The third-order valence-electron chi connectivity index (χ3n) is 5.07. The molecule has 0 heterocycles. The van der Waals surface area contributed by atoms with Crippen LogP contribution in [0.4, 0.5) is 10.5 Å². The maximum absolute atomic E-state index is 12.4. The number of nitrogens with zero attached hydrogens (tertiary/aromatic N) is 1. The predicted octanol–water partition coefficient (Wildman–Crippen LogP) is 2.06. The topological polar surface area (TPSA) is 108 Å². The molecule has 3 N–H and O–H groups in total. The van der Waals surface area contributed by atoms with Crippen LogP contribution >= 0.6 is 0 Å². The van der Waals surface area contributed by atoms with Gasteiger partial charge in [0.25, 0.3) is 0 Å². The van der Waals surface area contributed by atoms with Crippen molar-refractivity contribution in [3.8, 4) is 0 Å². The van der Waals surface area contributed by atoms with Crippen molar-refractivity contribution < 1.29 is 18.0 Å². The van der Waals surface area contributed by atoms with E-state index in [2.05, 4.69) is 22.9 Å². The first-order valence-corrected chi connectivity index (χ1v) is 10.9. The first-order chi connectivity index (χ1) is 13.1. The summed E-state index contributed by atoms with van der Waals surface area (Å²) in [6, 6.07) is 4.45. The molecule has 0 radical (unpaired) electrons. The highest BCUT2D eigenvalue weighted by atomic mass is 32.2. The SMILES string of the molecule is Cc1ccc(NC(=O)CNC(=O)N[C@H]2CCCC[C@H]2C)cc1S(=O)(=O)N(C)C. The van der Waals surface area contributed by atoms with E-state index in [0.717, 1.165) is 23.6 Å². The lowest BCUT2D eigenvalue weighted by atomic mass is 9.86. The van der Waals surface area contributed by atoms with E-state index >= 15 is 0 Å². The summed E-state index contributed by atoms with van der Waals surface area (Å²) in [6.07, 6.45) is 4.33. The Kier molecular flexibility index (Phi) is 7.42. The average molecular weight is 411 g/mol. The van der Waals surface area contributed by atoms with Crippen LogP contribution < -0.4 is 16.0 Å². The molecule has 9 heteroatoms. The molecule has 1 fully saturated rings. The summed E-state index contributed by atoms with van der Waals surface area (Å²) in [5.74, 6) is 0.00171. The summed E-state index contributed by atoms with van der Waals surface area (Å²) in [5, 5.41) is 8.10. The van der Waals surface area contributed by atoms with E-state index in [1.807, 2.05) is 0 Å². The minimum Gasteiger partial charge on any atom is -0.335 e. The first kappa shape index (κ1) is 22.2. The Balaban J connectivity index is 1.92. The largest absolute Gasteiger partial charge is 0.335 e. The minimum absolute atomic E-state index is 0.132. The molecule has 0 aliphatic heterocycles. The van der Waals surface area contributed by atoms with E-state index in [-0.39, 0.29) is 23.5 Å². The molecular weight excluding hydrogens is 380 g/mol. The third kappa shape index (κ3) is 5.68. The second-order valence-corrected chi connectivity index (χ2v) is 9.63. The van der Waals surface area contributed by atoms with Crippen molar-refractivity contribution in [2.45, 2.75) is 50.5 Å². The zero-order valence-electron chi connectivity index (χ0n) is 16.9. The van der Waals surface area contributed by atoms with Crippen LogP contribution in [0.1, 0.15) is 38.2 Å². The van der Waals surface area contributed by atoms with Gasteiger partial charge in [0.2, 0.25) is 15.9 Å². The Hall–Kier alpha value is -2.13. The van der Waals surface area contributed by atoms with Crippen LogP contribution in [0.3, 0.4) is 0 Å². The van der Waals surface area contributed by atoms with Gasteiger partial charge in [-0.3, -0.25) is 4.79 Å². The van der Waals surface area contributed by atoms with Crippen LogP contribution in [0.25, 0.3) is 0 Å². The van der Waals surface area contributed by atoms with Gasteiger partial charge >= 0.3 is 6.03 Å². The minimum atomic E-state index is -3.61. The molecule has 1 saturated carbocycles. The van der Waals surface area contributed by atoms with Crippen LogP contribution in [0, 0.1) is 12.8 Å². The molecule has 0 spiro atoms. The quantitative estimate of drug-likeness (QED) is 0.667. The number of amides is 3. The summed E-state index contributed by atoms with van der Waals surface area (Å²) in [6.45, 7) is 3.62. The Morgan fingerprint density at radius 1 is 1.18 bits per heavy atom. The van der Waals surface area contributed by atoms with Gasteiger partial charge in [-0.05, 0) is 43.4 Å². The van der Waals surface area contributed by atoms with Gasteiger partial charge in [-0.1, -0.05) is 25.8 Å².